The average Bonchev–Trinajstić information content (AvgIpc) is 2.35. The van der Waals surface area contributed by atoms with E-state index in [9.17, 15) is 4.79 Å². The lowest BCUT2D eigenvalue weighted by Gasteiger charge is -2.10. The van der Waals surface area contributed by atoms with Gasteiger partial charge in [-0.1, -0.05) is 12.1 Å². The van der Waals surface area contributed by atoms with Crippen LogP contribution >= 0.6 is 0 Å². The fourth-order valence-electron chi connectivity index (χ4n) is 1.23. The number of carbonyl (C=O) groups is 1. The summed E-state index contributed by atoms with van der Waals surface area (Å²) in [6.07, 6.45) is -0.434. The second-order valence-electron chi connectivity index (χ2n) is 3.15. The van der Waals surface area contributed by atoms with Gasteiger partial charge in [0.15, 0.2) is 11.5 Å². The molecular weight excluding hydrogens is 222 g/mol. The molecule has 0 saturated heterocycles. The number of benzene rings is 1. The molecule has 0 saturated carbocycles. The molecule has 1 N–H and O–H groups in total. The van der Waals surface area contributed by atoms with Crippen molar-refractivity contribution in [1.82, 2.24) is 5.32 Å². The maximum absolute atomic E-state index is 11.0. The van der Waals surface area contributed by atoms with Crippen LogP contribution in [0, 0.1) is 0 Å². The zero-order chi connectivity index (χ0) is 12.5. The first-order valence-electron chi connectivity index (χ1n) is 5.44. The summed E-state index contributed by atoms with van der Waals surface area (Å²) >= 11 is 0. The molecule has 1 amide bonds. The molecular formula is C12H17NO4. The Morgan fingerprint density at radius 3 is 2.65 bits per heavy atom. The van der Waals surface area contributed by atoms with E-state index >= 15 is 0 Å². The number of rotatable bonds is 6. The van der Waals surface area contributed by atoms with E-state index < -0.39 is 6.09 Å². The Morgan fingerprint density at radius 1 is 1.29 bits per heavy atom. The van der Waals surface area contributed by atoms with Crippen LogP contribution in [0.4, 0.5) is 4.79 Å². The van der Waals surface area contributed by atoms with E-state index in [0.29, 0.717) is 31.3 Å². The number of amides is 1. The number of carbonyl (C=O) groups excluding carboxylic acids is 1. The molecule has 0 atom stereocenters. The van der Waals surface area contributed by atoms with Gasteiger partial charge >= 0.3 is 6.09 Å². The largest absolute Gasteiger partial charge is 0.493 e. The molecule has 17 heavy (non-hydrogen) atoms. The highest BCUT2D eigenvalue weighted by molar-refractivity contribution is 5.66. The summed E-state index contributed by atoms with van der Waals surface area (Å²) in [5, 5.41) is 2.56. The standard InChI is InChI=1S/C12H17NO4/c1-3-16-12(14)13-8-9-17-11-7-5-4-6-10(11)15-2/h4-7H,3,8-9H2,1-2H3,(H,13,14). The van der Waals surface area contributed by atoms with Gasteiger partial charge in [-0.25, -0.2) is 4.79 Å². The van der Waals surface area contributed by atoms with E-state index in [-0.39, 0.29) is 0 Å². The van der Waals surface area contributed by atoms with Crippen molar-refractivity contribution in [3.63, 3.8) is 0 Å². The highest BCUT2D eigenvalue weighted by atomic mass is 16.5. The second kappa shape index (κ2) is 7.38. The van der Waals surface area contributed by atoms with Crippen molar-refractivity contribution < 1.29 is 19.0 Å². The summed E-state index contributed by atoms with van der Waals surface area (Å²) in [7, 11) is 1.58. The summed E-state index contributed by atoms with van der Waals surface area (Å²) in [5.74, 6) is 1.32. The Hall–Kier alpha value is -1.91. The van der Waals surface area contributed by atoms with Crippen molar-refractivity contribution in [2.75, 3.05) is 26.9 Å². The predicted octanol–water partition coefficient (Wildman–Crippen LogP) is 1.82. The molecule has 0 radical (unpaired) electrons. The van der Waals surface area contributed by atoms with Crippen molar-refractivity contribution in [3.05, 3.63) is 24.3 Å². The summed E-state index contributed by atoms with van der Waals surface area (Å²) in [4.78, 5) is 11.0. The maximum atomic E-state index is 11.0. The minimum Gasteiger partial charge on any atom is -0.493 e. The molecule has 0 aliphatic rings. The van der Waals surface area contributed by atoms with Gasteiger partial charge in [0.25, 0.3) is 0 Å². The van der Waals surface area contributed by atoms with Gasteiger partial charge < -0.3 is 19.5 Å². The summed E-state index contributed by atoms with van der Waals surface area (Å²) in [5.41, 5.74) is 0. The summed E-state index contributed by atoms with van der Waals surface area (Å²) < 4.78 is 15.3. The molecule has 0 unspecified atom stereocenters. The maximum Gasteiger partial charge on any atom is 0.407 e. The minimum absolute atomic E-state index is 0.360. The van der Waals surface area contributed by atoms with E-state index in [1.54, 1.807) is 14.0 Å². The van der Waals surface area contributed by atoms with Crippen molar-refractivity contribution in [2.24, 2.45) is 0 Å². The molecule has 1 aromatic carbocycles. The molecule has 0 heterocycles. The third-order valence-electron chi connectivity index (χ3n) is 1.97. The van der Waals surface area contributed by atoms with Crippen molar-refractivity contribution in [3.8, 4) is 11.5 Å². The highest BCUT2D eigenvalue weighted by Crippen LogP contribution is 2.25. The van der Waals surface area contributed by atoms with Crippen LogP contribution < -0.4 is 14.8 Å². The van der Waals surface area contributed by atoms with Gasteiger partial charge in [0.05, 0.1) is 20.3 Å². The number of para-hydroxylation sites is 2. The predicted molar refractivity (Wildman–Crippen MR) is 63.5 cm³/mol. The lowest BCUT2D eigenvalue weighted by molar-refractivity contribution is 0.150. The van der Waals surface area contributed by atoms with Crippen LogP contribution in [0.5, 0.6) is 11.5 Å². The van der Waals surface area contributed by atoms with Crippen molar-refractivity contribution >= 4 is 6.09 Å². The molecule has 5 heteroatoms. The van der Waals surface area contributed by atoms with Crippen molar-refractivity contribution in [2.45, 2.75) is 6.92 Å². The molecule has 1 rings (SSSR count). The fraction of sp³-hybridized carbons (Fsp3) is 0.417. The zero-order valence-corrected chi connectivity index (χ0v) is 10.1. The van der Waals surface area contributed by atoms with Crippen LogP contribution in [0.25, 0.3) is 0 Å². The highest BCUT2D eigenvalue weighted by Gasteiger charge is 2.03. The number of methoxy groups -OCH3 is 1. The van der Waals surface area contributed by atoms with Gasteiger partial charge in [0.2, 0.25) is 0 Å². The van der Waals surface area contributed by atoms with Crippen LogP contribution in [-0.4, -0.2) is 33.0 Å². The number of hydrogen-bond acceptors (Lipinski definition) is 4. The molecule has 0 bridgehead atoms. The Kier molecular flexibility index (Phi) is 5.71. The van der Waals surface area contributed by atoms with Crippen LogP contribution in [0.1, 0.15) is 6.92 Å². The van der Waals surface area contributed by atoms with Gasteiger partial charge in [0.1, 0.15) is 6.61 Å². The average molecular weight is 239 g/mol. The Balaban J connectivity index is 2.28. The third-order valence-corrected chi connectivity index (χ3v) is 1.97. The topological polar surface area (TPSA) is 56.8 Å². The first-order valence-corrected chi connectivity index (χ1v) is 5.44. The molecule has 0 spiro atoms. The number of hydrogen-bond donors (Lipinski definition) is 1. The van der Waals surface area contributed by atoms with Gasteiger partial charge in [-0.2, -0.15) is 0 Å². The minimum atomic E-state index is -0.434. The van der Waals surface area contributed by atoms with Gasteiger partial charge in [-0.15, -0.1) is 0 Å². The molecule has 0 aromatic heterocycles. The number of nitrogens with one attached hydrogen (secondary N) is 1. The van der Waals surface area contributed by atoms with Gasteiger partial charge in [-0.3, -0.25) is 0 Å². The Bertz CT molecular complexity index is 354. The monoisotopic (exact) mass is 239 g/mol. The summed E-state index contributed by atoms with van der Waals surface area (Å²) in [6.45, 7) is 2.86. The first-order chi connectivity index (χ1) is 8.27. The Morgan fingerprint density at radius 2 is 2.00 bits per heavy atom. The summed E-state index contributed by atoms with van der Waals surface area (Å²) in [6, 6.07) is 7.34. The van der Waals surface area contributed by atoms with Crippen molar-refractivity contribution in [1.29, 1.82) is 0 Å². The quantitative estimate of drug-likeness (QED) is 0.769. The molecule has 5 nitrogen and oxygen atoms in total. The first kappa shape index (κ1) is 13.2. The molecule has 1 aromatic rings. The van der Waals surface area contributed by atoms with E-state index in [2.05, 4.69) is 5.32 Å². The van der Waals surface area contributed by atoms with Gasteiger partial charge in [-0.05, 0) is 19.1 Å². The fourth-order valence-corrected chi connectivity index (χ4v) is 1.23. The number of ether oxygens (including phenoxy) is 3. The van der Waals surface area contributed by atoms with Crippen LogP contribution in [0.3, 0.4) is 0 Å². The normalized spacial score (nSPS) is 9.53. The smallest absolute Gasteiger partial charge is 0.407 e. The van der Waals surface area contributed by atoms with E-state index in [1.165, 1.54) is 0 Å². The molecule has 0 aliphatic heterocycles. The van der Waals surface area contributed by atoms with E-state index in [1.807, 2.05) is 24.3 Å². The van der Waals surface area contributed by atoms with E-state index in [4.69, 9.17) is 14.2 Å². The third kappa shape index (κ3) is 4.63. The Labute approximate surface area is 101 Å². The molecule has 0 aliphatic carbocycles. The van der Waals surface area contributed by atoms with Gasteiger partial charge in [0, 0.05) is 0 Å². The SMILES string of the molecule is CCOC(=O)NCCOc1ccccc1OC. The van der Waals surface area contributed by atoms with E-state index in [0.717, 1.165) is 0 Å². The number of alkyl carbamates (subject to hydrolysis) is 1. The second-order valence-corrected chi connectivity index (χ2v) is 3.15. The lowest BCUT2D eigenvalue weighted by atomic mass is 10.3. The molecule has 94 valence electrons. The van der Waals surface area contributed by atoms with Crippen LogP contribution in [-0.2, 0) is 4.74 Å². The zero-order valence-electron chi connectivity index (χ0n) is 10.1. The lowest BCUT2D eigenvalue weighted by Crippen LogP contribution is -2.28. The van der Waals surface area contributed by atoms with Crippen LogP contribution in [0.15, 0.2) is 24.3 Å². The van der Waals surface area contributed by atoms with Crippen LogP contribution in [0.2, 0.25) is 0 Å². The molecule has 0 fully saturated rings.